The van der Waals surface area contributed by atoms with Crippen molar-refractivity contribution in [3.8, 4) is 0 Å². The highest BCUT2D eigenvalue weighted by molar-refractivity contribution is 5.85. The first-order valence-corrected chi connectivity index (χ1v) is 4.49. The maximum Gasteiger partial charge on any atom is 0.123 e. The Morgan fingerprint density at radius 1 is 1.27 bits per heavy atom. The molecule has 0 saturated heterocycles. The molecule has 0 spiro atoms. The monoisotopic (exact) mass is 233 g/mol. The fraction of sp³-hybridized carbons (Fsp3) is 0.273. The Morgan fingerprint density at radius 3 is 2.33 bits per heavy atom. The lowest BCUT2D eigenvalue weighted by molar-refractivity contribution is 0.626. The minimum Gasteiger partial charge on any atom is -0.327 e. The number of benzene rings is 1. The molecule has 0 aliphatic carbocycles. The van der Waals surface area contributed by atoms with Gasteiger partial charge in [0, 0.05) is 6.54 Å². The fourth-order valence-corrected chi connectivity index (χ4v) is 1.16. The minimum atomic E-state index is -0.256. The van der Waals surface area contributed by atoms with Crippen LogP contribution in [0.3, 0.4) is 0 Å². The summed E-state index contributed by atoms with van der Waals surface area (Å²) in [6.07, 6.45) is 1.81. The molecule has 84 valence electrons. The largest absolute Gasteiger partial charge is 0.327 e. The van der Waals surface area contributed by atoms with Crippen molar-refractivity contribution >= 4 is 12.4 Å². The van der Waals surface area contributed by atoms with Crippen LogP contribution in [-0.4, -0.2) is 6.54 Å². The number of nitrogens with two attached hydrogens (primary N) is 1. The van der Waals surface area contributed by atoms with Crippen molar-refractivity contribution in [1.82, 2.24) is 0 Å². The molecule has 0 aliphatic heterocycles. The van der Waals surface area contributed by atoms with E-state index in [0.29, 0.717) is 24.7 Å². The molecule has 0 heterocycles. The van der Waals surface area contributed by atoms with Gasteiger partial charge in [-0.3, -0.25) is 0 Å². The second-order valence-corrected chi connectivity index (χ2v) is 3.10. The molecule has 0 aliphatic rings. The number of rotatable bonds is 4. The zero-order chi connectivity index (χ0) is 10.4. The van der Waals surface area contributed by atoms with Crippen LogP contribution in [0.5, 0.6) is 0 Å². The summed E-state index contributed by atoms with van der Waals surface area (Å²) in [5.74, 6) is -0.256. The van der Waals surface area contributed by atoms with E-state index in [1.807, 2.05) is 0 Å². The molecule has 1 aromatic carbocycles. The van der Waals surface area contributed by atoms with E-state index in [4.69, 9.17) is 5.73 Å². The summed E-state index contributed by atoms with van der Waals surface area (Å²) in [5.41, 5.74) is 6.87. The highest BCUT2D eigenvalue weighted by Gasteiger charge is 1.97. The number of hydrogen-bond acceptors (Lipinski definition) is 1. The quantitative estimate of drug-likeness (QED) is 0.850. The second-order valence-electron chi connectivity index (χ2n) is 3.10. The molecule has 0 aromatic heterocycles. The lowest BCUT2D eigenvalue weighted by atomic mass is 10.1. The van der Waals surface area contributed by atoms with Gasteiger partial charge in [-0.2, -0.15) is 0 Å². The zero-order valence-electron chi connectivity index (χ0n) is 8.25. The molecule has 1 rings (SSSR count). The molecule has 2 N–H and O–H groups in total. The van der Waals surface area contributed by atoms with E-state index in [-0.39, 0.29) is 24.8 Å². The Hall–Kier alpha value is -0.930. The molecule has 1 aromatic rings. The van der Waals surface area contributed by atoms with Crippen LogP contribution in [0.4, 0.5) is 8.78 Å². The number of halogens is 3. The topological polar surface area (TPSA) is 26.0 Å². The molecule has 0 radical (unpaired) electrons. The summed E-state index contributed by atoms with van der Waals surface area (Å²) >= 11 is 0. The van der Waals surface area contributed by atoms with Gasteiger partial charge in [0.15, 0.2) is 0 Å². The van der Waals surface area contributed by atoms with E-state index in [2.05, 4.69) is 0 Å². The van der Waals surface area contributed by atoms with Crippen molar-refractivity contribution in [3.05, 3.63) is 47.5 Å². The van der Waals surface area contributed by atoms with Gasteiger partial charge in [0.25, 0.3) is 0 Å². The predicted octanol–water partition coefficient (Wildman–Crippen LogP) is 2.99. The maximum absolute atomic E-state index is 12.5. The highest BCUT2D eigenvalue weighted by atomic mass is 35.5. The second kappa shape index (κ2) is 7.37. The van der Waals surface area contributed by atoms with Gasteiger partial charge in [-0.25, -0.2) is 8.78 Å². The standard InChI is InChI=1S/C11H13F2N.ClH/c12-7-10(8-14)2-1-9-3-5-11(13)6-4-9;/h3-7H,1-2,8,14H2;1H. The van der Waals surface area contributed by atoms with Crippen LogP contribution < -0.4 is 5.73 Å². The average molecular weight is 234 g/mol. The number of hydrogen-bond donors (Lipinski definition) is 1. The minimum absolute atomic E-state index is 0. The van der Waals surface area contributed by atoms with E-state index in [9.17, 15) is 8.78 Å². The smallest absolute Gasteiger partial charge is 0.123 e. The van der Waals surface area contributed by atoms with Crippen LogP contribution in [0, 0.1) is 5.82 Å². The molecule has 1 nitrogen and oxygen atoms in total. The van der Waals surface area contributed by atoms with E-state index in [1.54, 1.807) is 12.1 Å². The van der Waals surface area contributed by atoms with Gasteiger partial charge in [0.05, 0.1) is 6.33 Å². The van der Waals surface area contributed by atoms with Crippen LogP contribution in [0.2, 0.25) is 0 Å². The van der Waals surface area contributed by atoms with Crippen molar-refractivity contribution in [2.24, 2.45) is 5.73 Å². The Balaban J connectivity index is 0.00000196. The van der Waals surface area contributed by atoms with Gasteiger partial charge in [-0.15, -0.1) is 12.4 Å². The molecule has 0 amide bonds. The molecular formula is C11H14ClF2N. The number of aryl methyl sites for hydroxylation is 1. The van der Waals surface area contributed by atoms with E-state index in [1.165, 1.54) is 12.1 Å². The van der Waals surface area contributed by atoms with Crippen molar-refractivity contribution in [1.29, 1.82) is 0 Å². The molecule has 15 heavy (non-hydrogen) atoms. The maximum atomic E-state index is 12.5. The average Bonchev–Trinajstić information content (AvgIpc) is 2.22. The van der Waals surface area contributed by atoms with Gasteiger partial charge >= 0.3 is 0 Å². The highest BCUT2D eigenvalue weighted by Crippen LogP contribution is 2.09. The lowest BCUT2D eigenvalue weighted by Crippen LogP contribution is -2.03. The lowest BCUT2D eigenvalue weighted by Gasteiger charge is -2.02. The predicted molar refractivity (Wildman–Crippen MR) is 60.2 cm³/mol. The molecule has 0 atom stereocenters. The first-order chi connectivity index (χ1) is 6.76. The van der Waals surface area contributed by atoms with Crippen LogP contribution in [0.15, 0.2) is 36.2 Å². The Labute approximate surface area is 94.4 Å². The molecular weight excluding hydrogens is 220 g/mol. The zero-order valence-corrected chi connectivity index (χ0v) is 9.07. The SMILES string of the molecule is Cl.NCC(=CF)CCc1ccc(F)cc1. The fourth-order valence-electron chi connectivity index (χ4n) is 1.16. The van der Waals surface area contributed by atoms with E-state index >= 15 is 0 Å². The van der Waals surface area contributed by atoms with Gasteiger partial charge in [-0.05, 0) is 36.1 Å². The molecule has 0 saturated carbocycles. The van der Waals surface area contributed by atoms with Crippen molar-refractivity contribution < 1.29 is 8.78 Å². The van der Waals surface area contributed by atoms with Gasteiger partial charge < -0.3 is 5.73 Å². The summed E-state index contributed by atoms with van der Waals surface area (Å²) in [6.45, 7) is 0.234. The Kier molecular flexibility index (Phi) is 6.92. The van der Waals surface area contributed by atoms with Crippen LogP contribution in [0.1, 0.15) is 12.0 Å². The van der Waals surface area contributed by atoms with Gasteiger partial charge in [0.2, 0.25) is 0 Å². The van der Waals surface area contributed by atoms with Gasteiger partial charge in [0.1, 0.15) is 5.82 Å². The van der Waals surface area contributed by atoms with E-state index in [0.717, 1.165) is 5.56 Å². The third kappa shape index (κ3) is 4.91. The normalized spacial score (nSPS) is 11.0. The first-order valence-electron chi connectivity index (χ1n) is 4.49. The third-order valence-corrected chi connectivity index (χ3v) is 2.06. The van der Waals surface area contributed by atoms with Crippen molar-refractivity contribution in [3.63, 3.8) is 0 Å². The first kappa shape index (κ1) is 14.1. The van der Waals surface area contributed by atoms with E-state index < -0.39 is 0 Å². The summed E-state index contributed by atoms with van der Waals surface area (Å²) in [5, 5.41) is 0. The Bertz CT molecular complexity index is 309. The van der Waals surface area contributed by atoms with Crippen LogP contribution >= 0.6 is 12.4 Å². The molecule has 0 bridgehead atoms. The summed E-state index contributed by atoms with van der Waals surface area (Å²) in [7, 11) is 0. The van der Waals surface area contributed by atoms with Crippen LogP contribution in [0.25, 0.3) is 0 Å². The summed E-state index contributed by atoms with van der Waals surface area (Å²) < 4.78 is 24.6. The third-order valence-electron chi connectivity index (χ3n) is 2.06. The molecule has 4 heteroatoms. The summed E-state index contributed by atoms with van der Waals surface area (Å²) in [4.78, 5) is 0. The van der Waals surface area contributed by atoms with Gasteiger partial charge in [-0.1, -0.05) is 12.1 Å². The Morgan fingerprint density at radius 2 is 1.87 bits per heavy atom. The van der Waals surface area contributed by atoms with Crippen molar-refractivity contribution in [2.75, 3.05) is 6.54 Å². The van der Waals surface area contributed by atoms with Crippen molar-refractivity contribution in [2.45, 2.75) is 12.8 Å². The van der Waals surface area contributed by atoms with Crippen LogP contribution in [-0.2, 0) is 6.42 Å². The molecule has 0 fully saturated rings. The molecule has 0 unspecified atom stereocenters. The summed E-state index contributed by atoms with van der Waals surface area (Å²) in [6, 6.07) is 6.19.